The van der Waals surface area contributed by atoms with Gasteiger partial charge in [0.1, 0.15) is 6.04 Å². The number of aryl methyl sites for hydroxylation is 1. The average molecular weight is 318 g/mol. The predicted molar refractivity (Wildman–Crippen MR) is 89.6 cm³/mol. The first-order valence-electron chi connectivity index (χ1n) is 7.51. The van der Waals surface area contributed by atoms with Crippen molar-refractivity contribution in [1.82, 2.24) is 14.8 Å². The third-order valence-corrected chi connectivity index (χ3v) is 4.16. The van der Waals surface area contributed by atoms with Gasteiger partial charge in [0.05, 0.1) is 36.4 Å². The molecule has 1 saturated heterocycles. The van der Waals surface area contributed by atoms with E-state index in [2.05, 4.69) is 16.2 Å². The van der Waals surface area contributed by atoms with Crippen LogP contribution < -0.4 is 9.80 Å². The molecule has 0 bridgehead atoms. The first kappa shape index (κ1) is 14.2. The molecule has 118 valence electrons. The first-order chi connectivity index (χ1) is 11.7. The molecule has 1 unspecified atom stereocenters. The van der Waals surface area contributed by atoms with Crippen LogP contribution >= 0.6 is 0 Å². The van der Waals surface area contributed by atoms with Crippen LogP contribution in [-0.2, 0) is 7.05 Å². The van der Waals surface area contributed by atoms with Crippen LogP contribution in [0.2, 0.25) is 0 Å². The molecule has 1 aliphatic heterocycles. The number of nitriles is 1. The van der Waals surface area contributed by atoms with E-state index < -0.39 is 6.04 Å². The summed E-state index contributed by atoms with van der Waals surface area (Å²) in [6.45, 7) is 0.296. The van der Waals surface area contributed by atoms with Crippen LogP contribution in [0.25, 0.3) is 10.8 Å². The summed E-state index contributed by atoms with van der Waals surface area (Å²) in [6, 6.07) is 9.10. The van der Waals surface area contributed by atoms with Crippen LogP contribution in [0.1, 0.15) is 0 Å². The summed E-state index contributed by atoms with van der Waals surface area (Å²) in [5.74, 6) is 0. The molecule has 3 heterocycles. The Hall–Kier alpha value is -3.40. The molecule has 1 atom stereocenters. The number of hydrogen-bond acceptors (Lipinski definition) is 4. The van der Waals surface area contributed by atoms with Gasteiger partial charge in [-0.25, -0.2) is 4.79 Å². The lowest BCUT2D eigenvalue weighted by Crippen LogP contribution is -2.34. The molecule has 2 amide bonds. The summed E-state index contributed by atoms with van der Waals surface area (Å²) in [4.78, 5) is 20.3. The molecule has 0 saturated carbocycles. The summed E-state index contributed by atoms with van der Waals surface area (Å²) >= 11 is 0. The molecule has 1 aromatic carbocycles. The van der Waals surface area contributed by atoms with Crippen molar-refractivity contribution in [3.8, 4) is 6.07 Å². The molecule has 4 rings (SSSR count). The number of amides is 2. The Morgan fingerprint density at radius 1 is 1.25 bits per heavy atom. The maximum absolute atomic E-state index is 13.0. The van der Waals surface area contributed by atoms with E-state index in [-0.39, 0.29) is 6.03 Å². The number of hydrogen-bond donors (Lipinski definition) is 0. The van der Waals surface area contributed by atoms with E-state index in [4.69, 9.17) is 0 Å². The van der Waals surface area contributed by atoms with Crippen molar-refractivity contribution in [1.29, 1.82) is 5.26 Å². The van der Waals surface area contributed by atoms with Gasteiger partial charge in [-0.2, -0.15) is 10.4 Å². The first-order valence-corrected chi connectivity index (χ1v) is 7.51. The van der Waals surface area contributed by atoms with Crippen molar-refractivity contribution in [2.75, 3.05) is 16.3 Å². The summed E-state index contributed by atoms with van der Waals surface area (Å²) in [5.41, 5.74) is 1.33. The minimum atomic E-state index is -0.578. The Bertz CT molecular complexity index is 967. The second-order valence-electron chi connectivity index (χ2n) is 5.66. The minimum Gasteiger partial charge on any atom is -0.288 e. The van der Waals surface area contributed by atoms with Crippen molar-refractivity contribution in [3.05, 3.63) is 49.1 Å². The zero-order valence-electron chi connectivity index (χ0n) is 13.0. The molecular formula is C17H14N6O. The number of benzene rings is 1. The molecule has 0 radical (unpaired) electrons. The number of urea groups is 1. The van der Waals surface area contributed by atoms with Gasteiger partial charge in [0.25, 0.3) is 0 Å². The third-order valence-electron chi connectivity index (χ3n) is 4.16. The fourth-order valence-corrected chi connectivity index (χ4v) is 3.02. The molecule has 3 aromatic rings. The van der Waals surface area contributed by atoms with Gasteiger partial charge in [0.15, 0.2) is 0 Å². The Labute approximate surface area is 138 Å². The molecule has 0 aliphatic carbocycles. The second kappa shape index (κ2) is 5.35. The van der Waals surface area contributed by atoms with Gasteiger partial charge in [0, 0.05) is 30.2 Å². The maximum Gasteiger partial charge on any atom is 0.330 e. The van der Waals surface area contributed by atoms with E-state index >= 15 is 0 Å². The van der Waals surface area contributed by atoms with Gasteiger partial charge in [0.2, 0.25) is 0 Å². The topological polar surface area (TPSA) is 78.0 Å². The highest BCUT2D eigenvalue weighted by molar-refractivity contribution is 6.11. The largest absolute Gasteiger partial charge is 0.330 e. The number of carbonyl (C=O) groups is 1. The number of aromatic nitrogens is 3. The van der Waals surface area contributed by atoms with E-state index in [9.17, 15) is 10.1 Å². The summed E-state index contributed by atoms with van der Waals surface area (Å²) in [5, 5.41) is 15.5. The van der Waals surface area contributed by atoms with Crippen LogP contribution in [-0.4, -0.2) is 33.4 Å². The van der Waals surface area contributed by atoms with Crippen molar-refractivity contribution < 1.29 is 4.79 Å². The van der Waals surface area contributed by atoms with E-state index in [1.807, 2.05) is 24.3 Å². The van der Waals surface area contributed by atoms with Gasteiger partial charge >= 0.3 is 6.03 Å². The highest BCUT2D eigenvalue weighted by atomic mass is 16.2. The van der Waals surface area contributed by atoms with Crippen LogP contribution in [0.5, 0.6) is 0 Å². The Balaban J connectivity index is 1.81. The van der Waals surface area contributed by atoms with Gasteiger partial charge in [-0.3, -0.25) is 19.5 Å². The standard InChI is InChI=1S/C17H14N6O/c1-21-10-14(8-20-21)22-11-13(6-18)23(17(22)24)16-9-19-7-12-4-2-3-5-15(12)16/h2-5,7-10,13H,11H2,1H3. The Morgan fingerprint density at radius 2 is 2.08 bits per heavy atom. The lowest BCUT2D eigenvalue weighted by Gasteiger charge is -2.20. The predicted octanol–water partition coefficient (Wildman–Crippen LogP) is 2.31. The molecule has 1 fully saturated rings. The smallest absolute Gasteiger partial charge is 0.288 e. The van der Waals surface area contributed by atoms with E-state index in [0.717, 1.165) is 10.8 Å². The number of rotatable bonds is 2. The normalized spacial score (nSPS) is 17.5. The van der Waals surface area contributed by atoms with E-state index in [1.165, 1.54) is 4.90 Å². The van der Waals surface area contributed by atoms with Crippen LogP contribution in [0.4, 0.5) is 16.2 Å². The second-order valence-corrected chi connectivity index (χ2v) is 5.66. The fourth-order valence-electron chi connectivity index (χ4n) is 3.02. The fraction of sp³-hybridized carbons (Fsp3) is 0.176. The highest BCUT2D eigenvalue weighted by Crippen LogP contribution is 2.32. The molecular weight excluding hydrogens is 304 g/mol. The maximum atomic E-state index is 13.0. The molecule has 0 spiro atoms. The summed E-state index contributed by atoms with van der Waals surface area (Å²) in [7, 11) is 1.79. The monoisotopic (exact) mass is 318 g/mol. The van der Waals surface area contributed by atoms with Crippen molar-refractivity contribution >= 4 is 28.2 Å². The number of pyridine rings is 1. The number of fused-ring (bicyclic) bond motifs is 1. The highest BCUT2D eigenvalue weighted by Gasteiger charge is 2.40. The van der Waals surface area contributed by atoms with Gasteiger partial charge in [-0.15, -0.1) is 0 Å². The molecule has 7 heteroatoms. The van der Waals surface area contributed by atoms with Crippen LogP contribution in [0, 0.1) is 11.3 Å². The SMILES string of the molecule is Cn1cc(N2CC(C#N)N(c3cncc4ccccc34)C2=O)cn1. The van der Waals surface area contributed by atoms with Crippen molar-refractivity contribution in [2.45, 2.75) is 6.04 Å². The molecule has 1 aliphatic rings. The Morgan fingerprint density at radius 3 is 2.83 bits per heavy atom. The van der Waals surface area contributed by atoms with E-state index in [1.54, 1.807) is 41.4 Å². The molecule has 7 nitrogen and oxygen atoms in total. The quantitative estimate of drug-likeness (QED) is 0.726. The molecule has 0 N–H and O–H groups in total. The number of nitrogens with zero attached hydrogens (tertiary/aromatic N) is 6. The number of carbonyl (C=O) groups excluding carboxylic acids is 1. The zero-order valence-corrected chi connectivity index (χ0v) is 13.0. The Kier molecular flexibility index (Phi) is 3.17. The lowest BCUT2D eigenvalue weighted by molar-refractivity contribution is 0.255. The molecule has 24 heavy (non-hydrogen) atoms. The zero-order chi connectivity index (χ0) is 16.7. The van der Waals surface area contributed by atoms with E-state index in [0.29, 0.717) is 17.9 Å². The minimum absolute atomic E-state index is 0.243. The van der Waals surface area contributed by atoms with Gasteiger partial charge in [-0.1, -0.05) is 24.3 Å². The summed E-state index contributed by atoms with van der Waals surface area (Å²) < 4.78 is 1.63. The number of anilines is 2. The van der Waals surface area contributed by atoms with Crippen LogP contribution in [0.15, 0.2) is 49.1 Å². The third kappa shape index (κ3) is 2.08. The van der Waals surface area contributed by atoms with Gasteiger partial charge < -0.3 is 0 Å². The average Bonchev–Trinajstić information content (AvgIpc) is 3.17. The van der Waals surface area contributed by atoms with Crippen molar-refractivity contribution in [2.24, 2.45) is 7.05 Å². The molecule has 2 aromatic heterocycles. The van der Waals surface area contributed by atoms with Gasteiger partial charge in [-0.05, 0) is 0 Å². The summed E-state index contributed by atoms with van der Waals surface area (Å²) in [6.07, 6.45) is 6.77. The lowest BCUT2D eigenvalue weighted by atomic mass is 10.1. The van der Waals surface area contributed by atoms with Crippen molar-refractivity contribution in [3.63, 3.8) is 0 Å². The van der Waals surface area contributed by atoms with Crippen LogP contribution in [0.3, 0.4) is 0 Å².